The molecule has 4 aromatic rings. The van der Waals surface area contributed by atoms with Crippen LogP contribution in [-0.2, 0) is 6.54 Å². The smallest absolute Gasteiger partial charge is 0.296 e. The van der Waals surface area contributed by atoms with Gasteiger partial charge in [0.25, 0.3) is 6.01 Å². The molecule has 0 saturated carbocycles. The standard InChI is InChI=1S/C16H11ClN4OS/c17-11-1-2-14-13(7-11)21-16(22-14)19-8-12-9-23-15(20-12)10-3-5-18-6-4-10/h1-7,9H,8H2,(H,19,21). The molecule has 114 valence electrons. The Hall–Kier alpha value is -2.44. The summed E-state index contributed by atoms with van der Waals surface area (Å²) in [5.74, 6) is 0. The van der Waals surface area contributed by atoms with Crippen molar-refractivity contribution in [3.05, 3.63) is 58.8 Å². The zero-order valence-corrected chi connectivity index (χ0v) is 13.4. The summed E-state index contributed by atoms with van der Waals surface area (Å²) < 4.78 is 5.62. The van der Waals surface area contributed by atoms with Gasteiger partial charge in [0, 0.05) is 28.4 Å². The van der Waals surface area contributed by atoms with E-state index < -0.39 is 0 Å². The maximum Gasteiger partial charge on any atom is 0.296 e. The first-order chi connectivity index (χ1) is 11.3. The Balaban J connectivity index is 1.49. The van der Waals surface area contributed by atoms with E-state index in [1.165, 1.54) is 0 Å². The van der Waals surface area contributed by atoms with Crippen LogP contribution in [0, 0.1) is 0 Å². The summed E-state index contributed by atoms with van der Waals surface area (Å²) in [4.78, 5) is 13.0. The van der Waals surface area contributed by atoms with E-state index >= 15 is 0 Å². The summed E-state index contributed by atoms with van der Waals surface area (Å²) in [5.41, 5.74) is 3.43. The molecule has 7 heteroatoms. The fourth-order valence-electron chi connectivity index (χ4n) is 2.16. The van der Waals surface area contributed by atoms with Crippen LogP contribution in [0.15, 0.2) is 52.5 Å². The van der Waals surface area contributed by atoms with Crippen molar-refractivity contribution in [3.8, 4) is 10.6 Å². The first-order valence-electron chi connectivity index (χ1n) is 6.93. The maximum atomic E-state index is 5.95. The molecular formula is C16H11ClN4OS. The predicted octanol–water partition coefficient (Wildman–Crippen LogP) is 4.61. The molecule has 0 aliphatic heterocycles. The first kappa shape index (κ1) is 14.2. The van der Waals surface area contributed by atoms with Gasteiger partial charge in [0.05, 0.1) is 12.2 Å². The van der Waals surface area contributed by atoms with Crippen LogP contribution in [0.1, 0.15) is 5.69 Å². The molecule has 0 bridgehead atoms. The summed E-state index contributed by atoms with van der Waals surface area (Å²) in [6.07, 6.45) is 3.52. The number of fused-ring (bicyclic) bond motifs is 1. The van der Waals surface area contributed by atoms with Crippen LogP contribution in [0.4, 0.5) is 6.01 Å². The molecule has 4 rings (SSSR count). The number of nitrogens with zero attached hydrogens (tertiary/aromatic N) is 3. The van der Waals surface area contributed by atoms with E-state index in [0.717, 1.165) is 21.8 Å². The van der Waals surface area contributed by atoms with Crippen LogP contribution in [0.25, 0.3) is 21.7 Å². The predicted molar refractivity (Wildman–Crippen MR) is 91.7 cm³/mol. The maximum absolute atomic E-state index is 5.95. The van der Waals surface area contributed by atoms with Crippen LogP contribution in [0.5, 0.6) is 0 Å². The molecular weight excluding hydrogens is 332 g/mol. The molecule has 1 aromatic carbocycles. The Labute approximate surface area is 141 Å². The molecule has 0 aliphatic rings. The van der Waals surface area contributed by atoms with Crippen LogP contribution < -0.4 is 5.32 Å². The molecule has 0 atom stereocenters. The summed E-state index contributed by atoms with van der Waals surface area (Å²) in [6.45, 7) is 0.544. The average molecular weight is 343 g/mol. The number of thiazole rings is 1. The molecule has 0 spiro atoms. The van der Waals surface area contributed by atoms with E-state index in [2.05, 4.69) is 20.3 Å². The minimum Gasteiger partial charge on any atom is -0.424 e. The van der Waals surface area contributed by atoms with E-state index in [4.69, 9.17) is 16.0 Å². The topological polar surface area (TPSA) is 63.8 Å². The van der Waals surface area contributed by atoms with Gasteiger partial charge in [0.1, 0.15) is 10.5 Å². The number of halogens is 1. The minimum atomic E-state index is 0.459. The lowest BCUT2D eigenvalue weighted by molar-refractivity contribution is 0.614. The van der Waals surface area contributed by atoms with E-state index in [0.29, 0.717) is 23.2 Å². The normalized spacial score (nSPS) is 11.0. The summed E-state index contributed by atoms with van der Waals surface area (Å²) >= 11 is 7.54. The molecule has 0 radical (unpaired) electrons. The highest BCUT2D eigenvalue weighted by Gasteiger charge is 2.08. The second kappa shape index (κ2) is 5.98. The molecule has 0 fully saturated rings. The van der Waals surface area contributed by atoms with Crippen molar-refractivity contribution in [2.75, 3.05) is 5.32 Å². The lowest BCUT2D eigenvalue weighted by Crippen LogP contribution is -1.99. The van der Waals surface area contributed by atoms with Gasteiger partial charge in [0.15, 0.2) is 5.58 Å². The summed E-state index contributed by atoms with van der Waals surface area (Å²) in [5, 5.41) is 6.77. The molecule has 23 heavy (non-hydrogen) atoms. The van der Waals surface area contributed by atoms with Crippen molar-refractivity contribution < 1.29 is 4.42 Å². The molecule has 0 amide bonds. The Morgan fingerprint density at radius 3 is 2.87 bits per heavy atom. The van der Waals surface area contributed by atoms with Crippen molar-refractivity contribution >= 4 is 40.1 Å². The fourth-order valence-corrected chi connectivity index (χ4v) is 3.15. The summed E-state index contributed by atoms with van der Waals surface area (Å²) in [6, 6.07) is 9.71. The van der Waals surface area contributed by atoms with Crippen LogP contribution in [0.2, 0.25) is 5.02 Å². The Kier molecular flexibility index (Phi) is 3.69. The first-order valence-corrected chi connectivity index (χ1v) is 8.18. The van der Waals surface area contributed by atoms with Gasteiger partial charge in [-0.05, 0) is 30.3 Å². The average Bonchev–Trinajstić information content (AvgIpc) is 3.20. The zero-order valence-electron chi connectivity index (χ0n) is 11.9. The molecule has 0 unspecified atom stereocenters. The van der Waals surface area contributed by atoms with Gasteiger partial charge in [-0.25, -0.2) is 4.98 Å². The second-order valence-electron chi connectivity index (χ2n) is 4.86. The van der Waals surface area contributed by atoms with Gasteiger partial charge < -0.3 is 9.73 Å². The number of rotatable bonds is 4. The van der Waals surface area contributed by atoms with Gasteiger partial charge in [-0.2, -0.15) is 4.98 Å². The Morgan fingerprint density at radius 1 is 1.13 bits per heavy atom. The third kappa shape index (κ3) is 3.04. The number of aromatic nitrogens is 3. The number of anilines is 1. The van der Waals surface area contributed by atoms with Gasteiger partial charge in [-0.1, -0.05) is 11.6 Å². The highest BCUT2D eigenvalue weighted by molar-refractivity contribution is 7.13. The molecule has 0 saturated heterocycles. The third-order valence-corrected chi connectivity index (χ3v) is 4.42. The quantitative estimate of drug-likeness (QED) is 0.586. The largest absolute Gasteiger partial charge is 0.424 e. The van der Waals surface area contributed by atoms with Crippen LogP contribution in [-0.4, -0.2) is 15.0 Å². The molecule has 1 N–H and O–H groups in total. The van der Waals surface area contributed by atoms with E-state index in [1.54, 1.807) is 41.9 Å². The molecule has 0 aliphatic carbocycles. The molecule has 3 heterocycles. The lowest BCUT2D eigenvalue weighted by Gasteiger charge is -1.97. The van der Waals surface area contributed by atoms with Crippen LogP contribution in [0.3, 0.4) is 0 Å². The second-order valence-corrected chi connectivity index (χ2v) is 6.16. The lowest BCUT2D eigenvalue weighted by atomic mass is 10.3. The van der Waals surface area contributed by atoms with E-state index in [9.17, 15) is 0 Å². The van der Waals surface area contributed by atoms with Crippen LogP contribution >= 0.6 is 22.9 Å². The molecule has 3 aromatic heterocycles. The number of pyridine rings is 1. The Bertz CT molecular complexity index is 951. The number of nitrogens with one attached hydrogen (secondary N) is 1. The fraction of sp³-hybridized carbons (Fsp3) is 0.0625. The van der Waals surface area contributed by atoms with E-state index in [-0.39, 0.29) is 0 Å². The van der Waals surface area contributed by atoms with Crippen molar-refractivity contribution in [3.63, 3.8) is 0 Å². The number of benzene rings is 1. The SMILES string of the molecule is Clc1ccc2oc(NCc3csc(-c4ccncc4)n3)nc2c1. The van der Waals surface area contributed by atoms with Gasteiger partial charge in [0.2, 0.25) is 0 Å². The van der Waals surface area contributed by atoms with Crippen molar-refractivity contribution in [2.45, 2.75) is 6.54 Å². The van der Waals surface area contributed by atoms with Crippen molar-refractivity contribution in [1.82, 2.24) is 15.0 Å². The highest BCUT2D eigenvalue weighted by Crippen LogP contribution is 2.25. The molecule has 5 nitrogen and oxygen atoms in total. The number of oxazole rings is 1. The van der Waals surface area contributed by atoms with Crippen molar-refractivity contribution in [1.29, 1.82) is 0 Å². The monoisotopic (exact) mass is 342 g/mol. The van der Waals surface area contributed by atoms with E-state index in [1.807, 2.05) is 17.5 Å². The van der Waals surface area contributed by atoms with Gasteiger partial charge >= 0.3 is 0 Å². The zero-order chi connectivity index (χ0) is 15.6. The summed E-state index contributed by atoms with van der Waals surface area (Å²) in [7, 11) is 0. The van der Waals surface area contributed by atoms with Gasteiger partial charge in [-0.15, -0.1) is 11.3 Å². The van der Waals surface area contributed by atoms with Gasteiger partial charge in [-0.3, -0.25) is 4.98 Å². The highest BCUT2D eigenvalue weighted by atomic mass is 35.5. The minimum absolute atomic E-state index is 0.459. The third-order valence-electron chi connectivity index (χ3n) is 3.25. The number of hydrogen-bond donors (Lipinski definition) is 1. The Morgan fingerprint density at radius 2 is 2.00 bits per heavy atom. The number of hydrogen-bond acceptors (Lipinski definition) is 6. The van der Waals surface area contributed by atoms with Crippen molar-refractivity contribution in [2.24, 2.45) is 0 Å².